The van der Waals surface area contributed by atoms with E-state index in [4.69, 9.17) is 4.74 Å². The van der Waals surface area contributed by atoms with Gasteiger partial charge in [-0.05, 0) is 24.5 Å². The van der Waals surface area contributed by atoms with Gasteiger partial charge in [0, 0.05) is 19.6 Å². The zero-order valence-electron chi connectivity index (χ0n) is 16.6. The maximum atomic E-state index is 13.7. The molecule has 2 N–H and O–H groups in total. The minimum Gasteiger partial charge on any atom is -0.383 e. The zero-order chi connectivity index (χ0) is 21.2. The third kappa shape index (κ3) is 4.55. The van der Waals surface area contributed by atoms with E-state index in [1.54, 1.807) is 6.92 Å². The number of nitrogens with one attached hydrogen (secondary N) is 2. The Morgan fingerprint density at radius 1 is 1.38 bits per heavy atom. The third-order valence-corrected chi connectivity index (χ3v) is 5.07. The maximum Gasteiger partial charge on any atom is 0.410 e. The molecule has 1 amide bonds. The van der Waals surface area contributed by atoms with Gasteiger partial charge in [0.25, 0.3) is 5.91 Å². The van der Waals surface area contributed by atoms with Gasteiger partial charge in [0.2, 0.25) is 0 Å². The Kier molecular flexibility index (Phi) is 6.16. The van der Waals surface area contributed by atoms with Gasteiger partial charge < -0.3 is 15.4 Å². The predicted octanol–water partition coefficient (Wildman–Crippen LogP) is 3.87. The lowest BCUT2D eigenvalue weighted by atomic mass is 9.95. The van der Waals surface area contributed by atoms with Gasteiger partial charge in [-0.15, -0.1) is 0 Å². The number of carbonyl (C=O) groups excluding carboxylic acids is 1. The van der Waals surface area contributed by atoms with Crippen molar-refractivity contribution in [3.63, 3.8) is 0 Å². The van der Waals surface area contributed by atoms with Crippen LogP contribution in [0.5, 0.6) is 0 Å². The molecule has 158 valence electrons. The quantitative estimate of drug-likeness (QED) is 0.759. The van der Waals surface area contributed by atoms with Crippen LogP contribution in [0.4, 0.5) is 19.0 Å². The van der Waals surface area contributed by atoms with Crippen LogP contribution >= 0.6 is 0 Å². The molecule has 0 fully saturated rings. The number of ether oxygens (including phenoxy) is 1. The number of rotatable bonds is 6. The fraction of sp³-hybridized carbons (Fsp3) is 0.500. The molecule has 0 bridgehead atoms. The van der Waals surface area contributed by atoms with Gasteiger partial charge in [-0.2, -0.15) is 18.3 Å². The molecule has 3 atom stereocenters. The number of halogens is 3. The normalized spacial score (nSPS) is 19.9. The smallest absolute Gasteiger partial charge is 0.383 e. The Hall–Kier alpha value is -2.55. The van der Waals surface area contributed by atoms with Crippen molar-refractivity contribution in [1.29, 1.82) is 0 Å². The molecule has 1 aromatic carbocycles. The average molecular weight is 410 g/mol. The van der Waals surface area contributed by atoms with Gasteiger partial charge >= 0.3 is 6.18 Å². The van der Waals surface area contributed by atoms with Gasteiger partial charge in [0.1, 0.15) is 11.4 Å². The summed E-state index contributed by atoms with van der Waals surface area (Å²) in [5, 5.41) is 9.69. The number of aryl methyl sites for hydroxylation is 1. The van der Waals surface area contributed by atoms with Crippen molar-refractivity contribution >= 4 is 11.7 Å². The summed E-state index contributed by atoms with van der Waals surface area (Å²) < 4.78 is 47.1. The summed E-state index contributed by atoms with van der Waals surface area (Å²) in [5.41, 5.74) is 1.93. The van der Waals surface area contributed by atoms with Crippen LogP contribution in [0.2, 0.25) is 0 Å². The van der Waals surface area contributed by atoms with Crippen LogP contribution in [0, 0.1) is 0 Å². The van der Waals surface area contributed by atoms with Crippen molar-refractivity contribution in [1.82, 2.24) is 15.1 Å². The number of carbonyl (C=O) groups is 1. The molecule has 3 rings (SSSR count). The van der Waals surface area contributed by atoms with Gasteiger partial charge in [-0.1, -0.05) is 31.2 Å². The van der Waals surface area contributed by atoms with Gasteiger partial charge in [0.15, 0.2) is 6.04 Å². The molecule has 9 heteroatoms. The van der Waals surface area contributed by atoms with E-state index in [0.717, 1.165) is 22.2 Å². The number of fused-ring (bicyclic) bond motifs is 1. The average Bonchev–Trinajstić information content (AvgIpc) is 3.10. The van der Waals surface area contributed by atoms with Crippen LogP contribution in [-0.4, -0.2) is 41.6 Å². The first kappa shape index (κ1) is 21.2. The zero-order valence-corrected chi connectivity index (χ0v) is 16.6. The molecule has 1 aliphatic heterocycles. The highest BCUT2D eigenvalue weighted by Gasteiger charge is 2.47. The largest absolute Gasteiger partial charge is 0.410 e. The number of alkyl halides is 3. The van der Waals surface area contributed by atoms with E-state index in [2.05, 4.69) is 15.7 Å². The molecule has 0 aliphatic carbocycles. The van der Waals surface area contributed by atoms with E-state index in [1.807, 2.05) is 31.2 Å². The monoisotopic (exact) mass is 410 g/mol. The van der Waals surface area contributed by atoms with Gasteiger partial charge in [0.05, 0.1) is 18.8 Å². The summed E-state index contributed by atoms with van der Waals surface area (Å²) in [6, 6.07) is 4.79. The number of methoxy groups -OCH3 is 1. The molecule has 0 saturated carbocycles. The highest BCUT2D eigenvalue weighted by atomic mass is 19.4. The molecule has 2 aromatic rings. The van der Waals surface area contributed by atoms with Crippen LogP contribution in [0.3, 0.4) is 0 Å². The molecular weight excluding hydrogens is 385 g/mol. The predicted molar refractivity (Wildman–Crippen MR) is 103 cm³/mol. The number of anilines is 1. The number of aromatic nitrogens is 2. The molecule has 1 aliphatic rings. The molecule has 0 spiro atoms. The Bertz CT molecular complexity index is 848. The lowest BCUT2D eigenvalue weighted by Gasteiger charge is -2.34. The summed E-state index contributed by atoms with van der Waals surface area (Å²) in [7, 11) is 1.51. The fourth-order valence-electron chi connectivity index (χ4n) is 3.53. The van der Waals surface area contributed by atoms with Crippen molar-refractivity contribution in [3.05, 3.63) is 47.2 Å². The Morgan fingerprint density at radius 2 is 2.07 bits per heavy atom. The van der Waals surface area contributed by atoms with Crippen LogP contribution in [0.25, 0.3) is 0 Å². The molecule has 0 unspecified atom stereocenters. The van der Waals surface area contributed by atoms with Crippen molar-refractivity contribution < 1.29 is 22.7 Å². The summed E-state index contributed by atoms with van der Waals surface area (Å²) >= 11 is 0. The first-order valence-corrected chi connectivity index (χ1v) is 9.54. The number of amides is 1. The Balaban J connectivity index is 1.93. The van der Waals surface area contributed by atoms with Crippen LogP contribution in [0.1, 0.15) is 53.8 Å². The van der Waals surface area contributed by atoms with Crippen molar-refractivity contribution in [2.45, 2.75) is 51.0 Å². The molecular formula is C20H25F3N4O2. The standard InChI is InChI=1S/C20H25F3N4O2/c1-4-13-5-7-14(8-6-13)16-9-17(20(21,22)23)27-18(26-16)15(10-24-27)19(28)25-12(2)11-29-3/h5-8,10,12,16-17,26H,4,9,11H2,1-3H3,(H,25,28)/t12-,16-,17-/m1/s1. The second-order valence-electron chi connectivity index (χ2n) is 7.27. The van der Waals surface area contributed by atoms with Crippen LogP contribution in [-0.2, 0) is 11.2 Å². The van der Waals surface area contributed by atoms with E-state index < -0.39 is 24.2 Å². The fourth-order valence-corrected chi connectivity index (χ4v) is 3.53. The first-order chi connectivity index (χ1) is 13.7. The van der Waals surface area contributed by atoms with E-state index in [9.17, 15) is 18.0 Å². The lowest BCUT2D eigenvalue weighted by molar-refractivity contribution is -0.173. The van der Waals surface area contributed by atoms with E-state index in [0.29, 0.717) is 6.61 Å². The van der Waals surface area contributed by atoms with Crippen LogP contribution in [0.15, 0.2) is 30.5 Å². The molecule has 6 nitrogen and oxygen atoms in total. The number of hydrogen-bond donors (Lipinski definition) is 2. The molecule has 0 saturated heterocycles. The van der Waals surface area contributed by atoms with E-state index in [-0.39, 0.29) is 23.8 Å². The topological polar surface area (TPSA) is 68.2 Å². The van der Waals surface area contributed by atoms with Crippen LogP contribution < -0.4 is 10.6 Å². The van der Waals surface area contributed by atoms with Gasteiger partial charge in [-0.3, -0.25) is 4.79 Å². The molecule has 2 heterocycles. The molecule has 1 aromatic heterocycles. The number of nitrogens with zero attached hydrogens (tertiary/aromatic N) is 2. The summed E-state index contributed by atoms with van der Waals surface area (Å²) in [6.07, 6.45) is -2.66. The maximum absolute atomic E-state index is 13.7. The summed E-state index contributed by atoms with van der Waals surface area (Å²) in [6.45, 7) is 4.06. The van der Waals surface area contributed by atoms with Crippen molar-refractivity contribution in [2.24, 2.45) is 0 Å². The molecule has 0 radical (unpaired) electrons. The Labute approximate surface area is 167 Å². The SMILES string of the molecule is CCc1ccc([C@H]2C[C@H](C(F)(F)F)n3ncc(C(=O)N[C@H](C)COC)c3N2)cc1. The second kappa shape index (κ2) is 8.44. The minimum absolute atomic E-state index is 0.0743. The van der Waals surface area contributed by atoms with E-state index >= 15 is 0 Å². The third-order valence-electron chi connectivity index (χ3n) is 5.07. The highest BCUT2D eigenvalue weighted by molar-refractivity contribution is 5.99. The minimum atomic E-state index is -4.48. The number of hydrogen-bond acceptors (Lipinski definition) is 4. The second-order valence-corrected chi connectivity index (χ2v) is 7.27. The van der Waals surface area contributed by atoms with Gasteiger partial charge in [-0.25, -0.2) is 4.68 Å². The summed E-state index contributed by atoms with van der Waals surface area (Å²) in [5.74, 6) is -0.420. The first-order valence-electron chi connectivity index (χ1n) is 9.54. The van der Waals surface area contributed by atoms with Crippen molar-refractivity contribution in [2.75, 3.05) is 19.0 Å². The number of benzene rings is 1. The Morgan fingerprint density at radius 3 is 2.66 bits per heavy atom. The highest BCUT2D eigenvalue weighted by Crippen LogP contribution is 2.44. The van der Waals surface area contributed by atoms with Crippen molar-refractivity contribution in [3.8, 4) is 0 Å². The van der Waals surface area contributed by atoms with E-state index in [1.165, 1.54) is 13.3 Å². The molecule has 29 heavy (non-hydrogen) atoms. The summed E-state index contributed by atoms with van der Waals surface area (Å²) in [4.78, 5) is 12.6. The lowest BCUT2D eigenvalue weighted by Crippen LogP contribution is -2.38.